The Labute approximate surface area is 115 Å². The van der Waals surface area contributed by atoms with Crippen molar-refractivity contribution in [3.8, 4) is 17.6 Å². The highest BCUT2D eigenvalue weighted by Crippen LogP contribution is 2.21. The monoisotopic (exact) mass is 262 g/mol. The highest BCUT2D eigenvalue weighted by molar-refractivity contribution is 5.69. The fourth-order valence-corrected chi connectivity index (χ4v) is 1.44. The van der Waals surface area contributed by atoms with Gasteiger partial charge in [-0.25, -0.2) is 0 Å². The molecule has 0 aliphatic rings. The predicted molar refractivity (Wildman–Crippen MR) is 77.4 cm³/mol. The Hall–Kier alpha value is -1.95. The first-order valence-corrected chi connectivity index (χ1v) is 6.36. The van der Waals surface area contributed by atoms with Gasteiger partial charge in [-0.15, -0.1) is 5.92 Å². The van der Waals surface area contributed by atoms with E-state index in [0.717, 1.165) is 11.3 Å². The maximum atomic E-state index is 10.7. The molecule has 1 N–H and O–H groups in total. The topological polar surface area (TPSA) is 46.5 Å². The minimum Gasteiger partial charge on any atom is -0.497 e. The lowest BCUT2D eigenvalue weighted by molar-refractivity contribution is -0.137. The number of benzene rings is 1. The first-order valence-electron chi connectivity index (χ1n) is 6.36. The van der Waals surface area contributed by atoms with Crippen molar-refractivity contribution in [1.82, 2.24) is 0 Å². The van der Waals surface area contributed by atoms with E-state index in [4.69, 9.17) is 9.84 Å². The second-order valence-electron chi connectivity index (χ2n) is 4.03. The quantitative estimate of drug-likeness (QED) is 0.842. The summed E-state index contributed by atoms with van der Waals surface area (Å²) in [5, 5.41) is 8.78. The number of rotatable bonds is 4. The van der Waals surface area contributed by atoms with Crippen LogP contribution in [-0.2, 0) is 4.79 Å². The molecule has 1 rings (SSSR count). The van der Waals surface area contributed by atoms with Crippen LogP contribution in [0.5, 0.6) is 5.75 Å². The Kier molecular flexibility index (Phi) is 8.99. The summed E-state index contributed by atoms with van der Waals surface area (Å²) >= 11 is 0. The van der Waals surface area contributed by atoms with E-state index >= 15 is 0 Å². The summed E-state index contributed by atoms with van der Waals surface area (Å²) < 4.78 is 5.04. The van der Waals surface area contributed by atoms with Crippen molar-refractivity contribution in [2.45, 2.75) is 39.5 Å². The summed E-state index contributed by atoms with van der Waals surface area (Å²) in [6.45, 7) is 5.96. The van der Waals surface area contributed by atoms with Gasteiger partial charge in [0.15, 0.2) is 0 Å². The predicted octanol–water partition coefficient (Wildman–Crippen LogP) is 3.69. The lowest BCUT2D eigenvalue weighted by Crippen LogP contribution is -2.04. The summed E-state index contributed by atoms with van der Waals surface area (Å²) in [4.78, 5) is 10.7. The van der Waals surface area contributed by atoms with Gasteiger partial charge in [-0.2, -0.15) is 0 Å². The number of hydrogen-bond donors (Lipinski definition) is 1. The van der Waals surface area contributed by atoms with Gasteiger partial charge >= 0.3 is 5.97 Å². The molecule has 1 atom stereocenters. The molecular formula is C16H22O3. The van der Waals surface area contributed by atoms with Gasteiger partial charge < -0.3 is 9.84 Å². The van der Waals surface area contributed by atoms with Gasteiger partial charge in [0.1, 0.15) is 5.75 Å². The lowest BCUT2D eigenvalue weighted by Gasteiger charge is -2.09. The van der Waals surface area contributed by atoms with Crippen LogP contribution in [0.1, 0.15) is 45.1 Å². The Bertz CT molecular complexity index is 424. The highest BCUT2D eigenvalue weighted by Gasteiger charge is 2.12. The summed E-state index contributed by atoms with van der Waals surface area (Å²) in [5.41, 5.74) is 0.901. The van der Waals surface area contributed by atoms with Crippen molar-refractivity contribution in [2.24, 2.45) is 0 Å². The second-order valence-corrected chi connectivity index (χ2v) is 4.03. The van der Waals surface area contributed by atoms with Gasteiger partial charge in [0, 0.05) is 0 Å². The lowest BCUT2D eigenvalue weighted by atomic mass is 9.96. The average Bonchev–Trinajstić information content (AvgIpc) is 2.39. The molecule has 0 bridgehead atoms. The molecule has 0 radical (unpaired) electrons. The zero-order valence-electron chi connectivity index (χ0n) is 12.1. The number of carbonyl (C=O) groups is 1. The Morgan fingerprint density at radius 2 is 1.84 bits per heavy atom. The van der Waals surface area contributed by atoms with E-state index in [9.17, 15) is 4.79 Å². The van der Waals surface area contributed by atoms with E-state index in [1.807, 2.05) is 24.3 Å². The van der Waals surface area contributed by atoms with Crippen LogP contribution in [0, 0.1) is 11.8 Å². The molecule has 0 fully saturated rings. The zero-order valence-corrected chi connectivity index (χ0v) is 12.1. The molecule has 0 amide bonds. The molecule has 104 valence electrons. The van der Waals surface area contributed by atoms with Crippen molar-refractivity contribution >= 4 is 5.97 Å². The van der Waals surface area contributed by atoms with Crippen LogP contribution in [0.4, 0.5) is 0 Å². The fourth-order valence-electron chi connectivity index (χ4n) is 1.44. The van der Waals surface area contributed by atoms with E-state index in [0.29, 0.717) is 0 Å². The van der Waals surface area contributed by atoms with Crippen molar-refractivity contribution in [3.05, 3.63) is 29.8 Å². The fraction of sp³-hybridized carbons (Fsp3) is 0.438. The average molecular weight is 262 g/mol. The number of carboxylic acid groups (broad SMARTS) is 1. The van der Waals surface area contributed by atoms with E-state index in [2.05, 4.69) is 25.7 Å². The maximum Gasteiger partial charge on any atom is 0.304 e. The second kappa shape index (κ2) is 10.0. The molecule has 0 aromatic heterocycles. The third-order valence-corrected chi connectivity index (χ3v) is 2.22. The van der Waals surface area contributed by atoms with Gasteiger partial charge in [-0.1, -0.05) is 38.3 Å². The standard InChI is InChI=1S/C13H14O3.C3H8/c1-3-4-11(9-13(14)15)10-5-7-12(16-2)8-6-10;1-3-2/h5-8,11H,9H2,1-2H3,(H,14,15);3H2,1-2H3. The van der Waals surface area contributed by atoms with E-state index < -0.39 is 5.97 Å². The molecule has 0 heterocycles. The van der Waals surface area contributed by atoms with Crippen LogP contribution < -0.4 is 4.74 Å². The van der Waals surface area contributed by atoms with Gasteiger partial charge in [-0.3, -0.25) is 4.79 Å². The van der Waals surface area contributed by atoms with Crippen LogP contribution in [0.3, 0.4) is 0 Å². The van der Waals surface area contributed by atoms with Gasteiger partial charge in [0.05, 0.1) is 19.4 Å². The van der Waals surface area contributed by atoms with Crippen LogP contribution in [0.25, 0.3) is 0 Å². The number of hydrogen-bond acceptors (Lipinski definition) is 2. The molecule has 0 aliphatic carbocycles. The van der Waals surface area contributed by atoms with Crippen molar-refractivity contribution in [2.75, 3.05) is 7.11 Å². The Morgan fingerprint density at radius 3 is 2.21 bits per heavy atom. The third kappa shape index (κ3) is 7.15. The van der Waals surface area contributed by atoms with Crippen molar-refractivity contribution < 1.29 is 14.6 Å². The molecule has 19 heavy (non-hydrogen) atoms. The van der Waals surface area contributed by atoms with Gasteiger partial charge in [0.2, 0.25) is 0 Å². The molecule has 0 aliphatic heterocycles. The van der Waals surface area contributed by atoms with Crippen LogP contribution in [0.15, 0.2) is 24.3 Å². The number of carboxylic acids is 1. The molecule has 3 nitrogen and oxygen atoms in total. The first-order chi connectivity index (χ1) is 9.08. The molecule has 1 unspecified atom stereocenters. The smallest absolute Gasteiger partial charge is 0.304 e. The first kappa shape index (κ1) is 17.1. The molecule has 1 aromatic rings. The molecule has 3 heteroatoms. The largest absolute Gasteiger partial charge is 0.497 e. The molecule has 0 saturated carbocycles. The van der Waals surface area contributed by atoms with Crippen LogP contribution >= 0.6 is 0 Å². The summed E-state index contributed by atoms with van der Waals surface area (Å²) in [7, 11) is 1.59. The summed E-state index contributed by atoms with van der Waals surface area (Å²) in [6.07, 6.45) is 1.27. The molecular weight excluding hydrogens is 240 g/mol. The van der Waals surface area contributed by atoms with Crippen LogP contribution in [-0.4, -0.2) is 18.2 Å². The van der Waals surface area contributed by atoms with Gasteiger partial charge in [-0.05, 0) is 24.6 Å². The maximum absolute atomic E-state index is 10.7. The minimum atomic E-state index is -0.844. The summed E-state index contributed by atoms with van der Waals surface area (Å²) in [5.74, 6) is 5.30. The summed E-state index contributed by atoms with van der Waals surface area (Å²) in [6, 6.07) is 7.30. The molecule has 1 aromatic carbocycles. The van der Waals surface area contributed by atoms with Crippen LogP contribution in [0.2, 0.25) is 0 Å². The number of methoxy groups -OCH3 is 1. The number of ether oxygens (including phenoxy) is 1. The Balaban J connectivity index is 0.000000982. The molecule has 0 spiro atoms. The SMILES string of the molecule is CC#CC(CC(=O)O)c1ccc(OC)cc1.CCC. The van der Waals surface area contributed by atoms with Crippen molar-refractivity contribution in [3.63, 3.8) is 0 Å². The van der Waals surface area contributed by atoms with Gasteiger partial charge in [0.25, 0.3) is 0 Å². The number of aliphatic carboxylic acids is 1. The molecule has 0 saturated heterocycles. The Morgan fingerprint density at radius 1 is 1.32 bits per heavy atom. The minimum absolute atomic E-state index is 0.0210. The zero-order chi connectivity index (χ0) is 14.7. The van der Waals surface area contributed by atoms with E-state index in [1.165, 1.54) is 6.42 Å². The van der Waals surface area contributed by atoms with E-state index in [-0.39, 0.29) is 12.3 Å². The third-order valence-electron chi connectivity index (χ3n) is 2.22. The van der Waals surface area contributed by atoms with Crippen molar-refractivity contribution in [1.29, 1.82) is 0 Å². The van der Waals surface area contributed by atoms with E-state index in [1.54, 1.807) is 14.0 Å². The highest BCUT2D eigenvalue weighted by atomic mass is 16.5. The normalized spacial score (nSPS) is 10.3.